The molecule has 0 aliphatic carbocycles. The second kappa shape index (κ2) is 10.6. The van der Waals surface area contributed by atoms with Crippen molar-refractivity contribution in [2.75, 3.05) is 11.9 Å². The lowest BCUT2D eigenvalue weighted by Gasteiger charge is -2.29. The van der Waals surface area contributed by atoms with Gasteiger partial charge < -0.3 is 16.0 Å². The number of nitrogens with two attached hydrogens (primary N) is 1. The molecule has 2 aliphatic rings. The minimum atomic E-state index is -0.580. The topological polar surface area (TPSA) is 105 Å². The van der Waals surface area contributed by atoms with Crippen LogP contribution in [0.1, 0.15) is 65.6 Å². The number of nitrogens with one attached hydrogen (secondary N) is 2. The summed E-state index contributed by atoms with van der Waals surface area (Å²) in [6.45, 7) is 1.82. The molecule has 2 aromatic carbocycles. The molecule has 0 aromatic heterocycles. The van der Waals surface area contributed by atoms with E-state index < -0.39 is 6.04 Å². The van der Waals surface area contributed by atoms with Crippen molar-refractivity contribution in [2.45, 2.75) is 64.1 Å². The van der Waals surface area contributed by atoms with Crippen LogP contribution in [0, 0.1) is 0 Å². The number of anilines is 1. The predicted molar refractivity (Wildman–Crippen MR) is 127 cm³/mol. The molecule has 1 fully saturated rings. The van der Waals surface area contributed by atoms with Crippen LogP contribution < -0.4 is 16.4 Å². The van der Waals surface area contributed by atoms with E-state index in [0.29, 0.717) is 25.1 Å². The molecule has 2 aromatic rings. The van der Waals surface area contributed by atoms with Crippen LogP contribution in [0.2, 0.25) is 0 Å². The Balaban J connectivity index is 1.30. The Morgan fingerprint density at radius 2 is 1.73 bits per heavy atom. The van der Waals surface area contributed by atoms with E-state index in [2.05, 4.69) is 34.9 Å². The zero-order valence-corrected chi connectivity index (χ0v) is 18.9. The van der Waals surface area contributed by atoms with Crippen molar-refractivity contribution in [1.29, 1.82) is 0 Å². The number of nitrogens with zero attached hydrogens (tertiary/aromatic N) is 1. The fourth-order valence-corrected chi connectivity index (χ4v) is 4.56. The summed E-state index contributed by atoms with van der Waals surface area (Å²) in [4.78, 5) is 38.0. The van der Waals surface area contributed by atoms with Crippen LogP contribution in [0.25, 0.3) is 0 Å². The lowest BCUT2D eigenvalue weighted by Crippen LogP contribution is -2.52. The molecule has 1 saturated heterocycles. The molecule has 4 rings (SSSR count). The standard InChI is InChI=1S/C26H32N4O3/c27-14-4-2-1-3-5-18-6-9-21(10-7-18)28-16-19-8-11-22-20(15-19)17-30(26(22)33)23-12-13-24(31)29-25(23)32/h6-11,15,23,28H,1-5,12-14,16-17,27H2,(H,29,31,32). The number of unbranched alkanes of at least 4 members (excludes halogenated alkanes) is 3. The number of piperidine rings is 1. The summed E-state index contributed by atoms with van der Waals surface area (Å²) in [6.07, 6.45) is 6.45. The van der Waals surface area contributed by atoms with Crippen molar-refractivity contribution in [3.8, 4) is 0 Å². The first-order valence-corrected chi connectivity index (χ1v) is 11.8. The number of imide groups is 1. The number of rotatable bonds is 10. The van der Waals surface area contributed by atoms with Gasteiger partial charge in [-0.05, 0) is 67.1 Å². The van der Waals surface area contributed by atoms with Gasteiger partial charge in [0.1, 0.15) is 6.04 Å². The highest BCUT2D eigenvalue weighted by molar-refractivity contribution is 6.05. The fourth-order valence-electron chi connectivity index (χ4n) is 4.56. The van der Waals surface area contributed by atoms with E-state index in [9.17, 15) is 14.4 Å². The fraction of sp³-hybridized carbons (Fsp3) is 0.423. The molecule has 0 bridgehead atoms. The van der Waals surface area contributed by atoms with Crippen LogP contribution in [-0.2, 0) is 29.1 Å². The first kappa shape index (κ1) is 23.0. The van der Waals surface area contributed by atoms with Crippen molar-refractivity contribution in [3.05, 3.63) is 64.7 Å². The Morgan fingerprint density at radius 1 is 0.970 bits per heavy atom. The molecular weight excluding hydrogens is 416 g/mol. The van der Waals surface area contributed by atoms with E-state index in [1.54, 1.807) is 4.90 Å². The number of hydrogen-bond donors (Lipinski definition) is 3. The molecule has 0 saturated carbocycles. The molecule has 174 valence electrons. The molecule has 1 atom stereocenters. The first-order valence-electron chi connectivity index (χ1n) is 11.8. The van der Waals surface area contributed by atoms with Gasteiger partial charge in [-0.1, -0.05) is 37.1 Å². The van der Waals surface area contributed by atoms with Crippen LogP contribution in [0.15, 0.2) is 42.5 Å². The van der Waals surface area contributed by atoms with Gasteiger partial charge in [-0.2, -0.15) is 0 Å². The minimum Gasteiger partial charge on any atom is -0.381 e. The van der Waals surface area contributed by atoms with Gasteiger partial charge in [-0.25, -0.2) is 0 Å². The second-order valence-corrected chi connectivity index (χ2v) is 8.89. The van der Waals surface area contributed by atoms with Gasteiger partial charge in [-0.15, -0.1) is 0 Å². The van der Waals surface area contributed by atoms with Gasteiger partial charge in [0.25, 0.3) is 5.91 Å². The first-order chi connectivity index (χ1) is 16.0. The number of amides is 3. The maximum Gasteiger partial charge on any atom is 0.255 e. The number of benzene rings is 2. The number of hydrogen-bond acceptors (Lipinski definition) is 5. The molecule has 7 nitrogen and oxygen atoms in total. The molecule has 0 radical (unpaired) electrons. The van der Waals surface area contributed by atoms with E-state index in [1.165, 1.54) is 24.8 Å². The van der Waals surface area contributed by atoms with Crippen molar-refractivity contribution in [2.24, 2.45) is 5.73 Å². The Morgan fingerprint density at radius 3 is 2.48 bits per heavy atom. The molecule has 7 heteroatoms. The van der Waals surface area contributed by atoms with E-state index in [-0.39, 0.29) is 24.1 Å². The zero-order valence-electron chi connectivity index (χ0n) is 18.9. The predicted octanol–water partition coefficient (Wildman–Crippen LogP) is 3.12. The highest BCUT2D eigenvalue weighted by Gasteiger charge is 2.38. The molecular formula is C26H32N4O3. The molecule has 33 heavy (non-hydrogen) atoms. The summed E-state index contributed by atoms with van der Waals surface area (Å²) in [5.41, 5.74) is 10.6. The van der Waals surface area contributed by atoms with Gasteiger partial charge in [0, 0.05) is 30.8 Å². The summed E-state index contributed by atoms with van der Waals surface area (Å²) in [5.74, 6) is -0.796. The molecule has 4 N–H and O–H groups in total. The molecule has 2 aliphatic heterocycles. The second-order valence-electron chi connectivity index (χ2n) is 8.89. The monoisotopic (exact) mass is 448 g/mol. The van der Waals surface area contributed by atoms with Crippen LogP contribution in [0.4, 0.5) is 5.69 Å². The van der Waals surface area contributed by atoms with Gasteiger partial charge in [0.15, 0.2) is 0 Å². The molecule has 2 heterocycles. The van der Waals surface area contributed by atoms with Crippen LogP contribution in [0.5, 0.6) is 0 Å². The molecule has 1 unspecified atom stereocenters. The number of carbonyl (C=O) groups is 3. The highest BCUT2D eigenvalue weighted by Crippen LogP contribution is 2.28. The van der Waals surface area contributed by atoms with E-state index >= 15 is 0 Å². The minimum absolute atomic E-state index is 0.141. The Labute approximate surface area is 194 Å². The summed E-state index contributed by atoms with van der Waals surface area (Å²) >= 11 is 0. The van der Waals surface area contributed by atoms with Crippen molar-refractivity contribution >= 4 is 23.4 Å². The average Bonchev–Trinajstić information content (AvgIpc) is 3.14. The maximum atomic E-state index is 12.8. The zero-order chi connectivity index (χ0) is 23.2. The summed E-state index contributed by atoms with van der Waals surface area (Å²) < 4.78 is 0. The van der Waals surface area contributed by atoms with Crippen LogP contribution >= 0.6 is 0 Å². The maximum absolute atomic E-state index is 12.8. The third kappa shape index (κ3) is 5.60. The van der Waals surface area contributed by atoms with E-state index in [0.717, 1.165) is 36.2 Å². The van der Waals surface area contributed by atoms with Crippen molar-refractivity contribution in [1.82, 2.24) is 10.2 Å². The molecule has 3 amide bonds. The van der Waals surface area contributed by atoms with Crippen LogP contribution in [0.3, 0.4) is 0 Å². The SMILES string of the molecule is NCCCCCCc1ccc(NCc2ccc3c(c2)CN(C2CCC(=O)NC2=O)C3=O)cc1. The third-order valence-electron chi connectivity index (χ3n) is 6.46. The Hall–Kier alpha value is -3.19. The smallest absolute Gasteiger partial charge is 0.255 e. The van der Waals surface area contributed by atoms with E-state index in [1.807, 2.05) is 18.2 Å². The van der Waals surface area contributed by atoms with E-state index in [4.69, 9.17) is 5.73 Å². The van der Waals surface area contributed by atoms with Gasteiger partial charge in [0.05, 0.1) is 0 Å². The summed E-state index contributed by atoms with van der Waals surface area (Å²) in [6, 6.07) is 13.8. The van der Waals surface area contributed by atoms with Crippen LogP contribution in [-0.4, -0.2) is 35.2 Å². The third-order valence-corrected chi connectivity index (χ3v) is 6.46. The summed E-state index contributed by atoms with van der Waals surface area (Å²) in [7, 11) is 0. The normalized spacial score (nSPS) is 17.8. The largest absolute Gasteiger partial charge is 0.381 e. The number of fused-ring (bicyclic) bond motifs is 1. The Bertz CT molecular complexity index is 1020. The number of carbonyl (C=O) groups excluding carboxylic acids is 3. The lowest BCUT2D eigenvalue weighted by molar-refractivity contribution is -0.136. The average molecular weight is 449 g/mol. The molecule has 0 spiro atoms. The quantitative estimate of drug-likeness (QED) is 0.383. The van der Waals surface area contributed by atoms with Crippen molar-refractivity contribution in [3.63, 3.8) is 0 Å². The highest BCUT2D eigenvalue weighted by atomic mass is 16.2. The Kier molecular flexibility index (Phi) is 7.40. The van der Waals surface area contributed by atoms with Gasteiger partial charge >= 0.3 is 0 Å². The van der Waals surface area contributed by atoms with Gasteiger partial charge in [0.2, 0.25) is 11.8 Å². The van der Waals surface area contributed by atoms with Crippen molar-refractivity contribution < 1.29 is 14.4 Å². The van der Waals surface area contributed by atoms with Gasteiger partial charge in [-0.3, -0.25) is 19.7 Å². The summed E-state index contributed by atoms with van der Waals surface area (Å²) in [5, 5.41) is 5.79. The number of aryl methyl sites for hydroxylation is 1. The lowest BCUT2D eigenvalue weighted by atomic mass is 10.0.